The monoisotopic (exact) mass is 395 g/mol. The number of carbonyl (C=O) groups is 2. The van der Waals surface area contributed by atoms with Gasteiger partial charge in [-0.1, -0.05) is 6.07 Å². The number of anilines is 1. The van der Waals surface area contributed by atoms with Crippen LogP contribution in [-0.4, -0.2) is 45.0 Å². The highest BCUT2D eigenvalue weighted by molar-refractivity contribution is 7.13. The summed E-state index contributed by atoms with van der Waals surface area (Å²) in [4.78, 5) is 32.0. The molecule has 1 saturated heterocycles. The van der Waals surface area contributed by atoms with Crippen LogP contribution >= 0.6 is 11.3 Å². The van der Waals surface area contributed by atoms with Gasteiger partial charge >= 0.3 is 0 Å². The summed E-state index contributed by atoms with van der Waals surface area (Å²) >= 11 is 1.63. The molecule has 28 heavy (non-hydrogen) atoms. The Hall–Kier alpha value is -3.00. The molecule has 2 amide bonds. The number of amides is 2. The van der Waals surface area contributed by atoms with Crippen LogP contribution in [0.4, 0.5) is 5.82 Å². The number of piperidine rings is 1. The lowest BCUT2D eigenvalue weighted by molar-refractivity contribution is -0.121. The van der Waals surface area contributed by atoms with Gasteiger partial charge in [-0.2, -0.15) is 5.10 Å². The molecule has 1 aliphatic heterocycles. The van der Waals surface area contributed by atoms with Crippen molar-refractivity contribution < 1.29 is 9.59 Å². The fraction of sp³-hybridized carbons (Fsp3) is 0.300. The molecule has 0 bridgehead atoms. The molecule has 0 spiro atoms. The van der Waals surface area contributed by atoms with Gasteiger partial charge in [-0.05, 0) is 43.3 Å². The summed E-state index contributed by atoms with van der Waals surface area (Å²) < 4.78 is 0. The van der Waals surface area contributed by atoms with Gasteiger partial charge in [0.2, 0.25) is 5.91 Å². The molecule has 0 aliphatic carbocycles. The van der Waals surface area contributed by atoms with Crippen LogP contribution in [-0.2, 0) is 4.79 Å². The number of nitrogens with zero attached hydrogens (tertiary/aromatic N) is 3. The van der Waals surface area contributed by atoms with Crippen LogP contribution < -0.4 is 5.32 Å². The first-order valence-corrected chi connectivity index (χ1v) is 10.1. The van der Waals surface area contributed by atoms with E-state index in [9.17, 15) is 9.59 Å². The van der Waals surface area contributed by atoms with Crippen LogP contribution in [0.15, 0.2) is 42.0 Å². The normalized spacial score (nSPS) is 14.8. The maximum absolute atomic E-state index is 12.7. The van der Waals surface area contributed by atoms with Crippen LogP contribution in [0.3, 0.4) is 0 Å². The topological polar surface area (TPSA) is 91.0 Å². The summed E-state index contributed by atoms with van der Waals surface area (Å²) in [6.45, 7) is 3.09. The van der Waals surface area contributed by atoms with Crippen LogP contribution in [0, 0.1) is 12.8 Å². The summed E-state index contributed by atoms with van der Waals surface area (Å²) in [6.07, 6.45) is 4.52. The molecular weight excluding hydrogens is 374 g/mol. The van der Waals surface area contributed by atoms with E-state index in [1.165, 1.54) is 0 Å². The van der Waals surface area contributed by atoms with E-state index in [4.69, 9.17) is 0 Å². The van der Waals surface area contributed by atoms with E-state index in [0.717, 1.165) is 16.1 Å². The Morgan fingerprint density at radius 3 is 2.64 bits per heavy atom. The number of hydrogen-bond donors (Lipinski definition) is 2. The quantitative estimate of drug-likeness (QED) is 0.709. The second-order valence-corrected chi connectivity index (χ2v) is 7.79. The SMILES string of the molecule is Cc1c(NC(=O)C2CCN(C(=O)c3ccncc3)CC2)n[nH]c1-c1cccs1. The third-order valence-electron chi connectivity index (χ3n) is 5.10. The Balaban J connectivity index is 1.35. The van der Waals surface area contributed by atoms with Gasteiger partial charge in [0, 0.05) is 42.5 Å². The number of likely N-dealkylation sites (tertiary alicyclic amines) is 1. The lowest BCUT2D eigenvalue weighted by atomic mass is 9.95. The molecule has 1 aliphatic rings. The maximum Gasteiger partial charge on any atom is 0.253 e. The summed E-state index contributed by atoms with van der Waals surface area (Å²) in [5.74, 6) is 0.403. The van der Waals surface area contributed by atoms with Crippen LogP contribution in [0.2, 0.25) is 0 Å². The van der Waals surface area contributed by atoms with Gasteiger partial charge in [-0.25, -0.2) is 0 Å². The third kappa shape index (κ3) is 3.68. The van der Waals surface area contributed by atoms with Crippen molar-refractivity contribution in [3.05, 3.63) is 53.2 Å². The molecule has 2 N–H and O–H groups in total. The molecule has 3 aromatic rings. The van der Waals surface area contributed by atoms with Crippen molar-refractivity contribution in [3.63, 3.8) is 0 Å². The standard InChI is InChI=1S/C20H21N5O2S/c1-13-17(16-3-2-12-28-16)23-24-18(13)22-19(26)14-6-10-25(11-7-14)20(27)15-4-8-21-9-5-15/h2-5,8-9,12,14H,6-7,10-11H2,1H3,(H2,22,23,24,26). The first-order valence-electron chi connectivity index (χ1n) is 9.22. The minimum Gasteiger partial charge on any atom is -0.339 e. The number of aromatic nitrogens is 3. The van der Waals surface area contributed by atoms with Crippen LogP contribution in [0.25, 0.3) is 10.6 Å². The molecule has 8 heteroatoms. The number of H-pyrrole nitrogens is 1. The lowest BCUT2D eigenvalue weighted by Gasteiger charge is -2.31. The average molecular weight is 395 g/mol. The zero-order valence-corrected chi connectivity index (χ0v) is 16.3. The van der Waals surface area contributed by atoms with Crippen molar-refractivity contribution in [2.45, 2.75) is 19.8 Å². The summed E-state index contributed by atoms with van der Waals surface area (Å²) in [6, 6.07) is 7.44. The van der Waals surface area contributed by atoms with Crippen molar-refractivity contribution in [2.24, 2.45) is 5.92 Å². The van der Waals surface area contributed by atoms with Crippen molar-refractivity contribution in [1.82, 2.24) is 20.1 Å². The van der Waals surface area contributed by atoms with Crippen molar-refractivity contribution in [1.29, 1.82) is 0 Å². The van der Waals surface area contributed by atoms with E-state index in [1.54, 1.807) is 40.8 Å². The van der Waals surface area contributed by atoms with Crippen molar-refractivity contribution in [2.75, 3.05) is 18.4 Å². The number of nitrogens with one attached hydrogen (secondary N) is 2. The molecule has 4 rings (SSSR count). The van der Waals surface area contributed by atoms with E-state index in [-0.39, 0.29) is 17.7 Å². The minimum absolute atomic E-state index is 0.00927. The van der Waals surface area contributed by atoms with Crippen molar-refractivity contribution in [3.8, 4) is 10.6 Å². The first-order chi connectivity index (χ1) is 13.6. The molecule has 0 aromatic carbocycles. The summed E-state index contributed by atoms with van der Waals surface area (Å²) in [5.41, 5.74) is 2.50. The Morgan fingerprint density at radius 1 is 1.21 bits per heavy atom. The fourth-order valence-electron chi connectivity index (χ4n) is 3.42. The highest BCUT2D eigenvalue weighted by Crippen LogP contribution is 2.30. The number of carbonyl (C=O) groups excluding carboxylic acids is 2. The minimum atomic E-state index is -0.122. The van der Waals surface area contributed by atoms with Gasteiger partial charge in [0.05, 0.1) is 10.6 Å². The summed E-state index contributed by atoms with van der Waals surface area (Å²) in [7, 11) is 0. The zero-order valence-electron chi connectivity index (χ0n) is 15.5. The Morgan fingerprint density at radius 2 is 1.96 bits per heavy atom. The Bertz CT molecular complexity index is 960. The van der Waals surface area contributed by atoms with E-state index in [2.05, 4.69) is 20.5 Å². The summed E-state index contributed by atoms with van der Waals surface area (Å²) in [5, 5.41) is 12.2. The van der Waals surface area contributed by atoms with E-state index in [0.29, 0.717) is 37.3 Å². The molecule has 144 valence electrons. The lowest BCUT2D eigenvalue weighted by Crippen LogP contribution is -2.41. The fourth-order valence-corrected chi connectivity index (χ4v) is 4.20. The van der Waals surface area contributed by atoms with Gasteiger partial charge in [0.15, 0.2) is 5.82 Å². The molecule has 0 radical (unpaired) electrons. The highest BCUT2D eigenvalue weighted by atomic mass is 32.1. The maximum atomic E-state index is 12.7. The van der Waals surface area contributed by atoms with E-state index >= 15 is 0 Å². The molecule has 0 atom stereocenters. The predicted molar refractivity (Wildman–Crippen MR) is 108 cm³/mol. The number of aromatic amines is 1. The first kappa shape index (κ1) is 18.4. The molecule has 3 aromatic heterocycles. The Labute approximate surface area is 166 Å². The third-order valence-corrected chi connectivity index (χ3v) is 5.99. The molecule has 0 unspecified atom stereocenters. The zero-order chi connectivity index (χ0) is 19.5. The number of thiophene rings is 1. The van der Waals surface area contributed by atoms with E-state index < -0.39 is 0 Å². The van der Waals surface area contributed by atoms with Gasteiger partial charge in [-0.3, -0.25) is 19.7 Å². The van der Waals surface area contributed by atoms with Crippen LogP contribution in [0.1, 0.15) is 28.8 Å². The van der Waals surface area contributed by atoms with Crippen molar-refractivity contribution >= 4 is 29.0 Å². The molecular formula is C20H21N5O2S. The largest absolute Gasteiger partial charge is 0.339 e. The second kappa shape index (κ2) is 7.93. The molecule has 1 fully saturated rings. The van der Waals surface area contributed by atoms with Gasteiger partial charge in [0.25, 0.3) is 5.91 Å². The highest BCUT2D eigenvalue weighted by Gasteiger charge is 2.28. The number of hydrogen-bond acceptors (Lipinski definition) is 5. The Kier molecular flexibility index (Phi) is 5.21. The predicted octanol–water partition coefficient (Wildman–Crippen LogP) is 3.33. The average Bonchev–Trinajstić information content (AvgIpc) is 3.38. The van der Waals surface area contributed by atoms with E-state index in [1.807, 2.05) is 24.4 Å². The molecule has 7 nitrogen and oxygen atoms in total. The van der Waals surface area contributed by atoms with Gasteiger partial charge < -0.3 is 10.2 Å². The molecule has 4 heterocycles. The van der Waals surface area contributed by atoms with Crippen LogP contribution in [0.5, 0.6) is 0 Å². The number of pyridine rings is 1. The van der Waals surface area contributed by atoms with Gasteiger partial charge in [0.1, 0.15) is 0 Å². The number of rotatable bonds is 4. The second-order valence-electron chi connectivity index (χ2n) is 6.84. The van der Waals surface area contributed by atoms with Gasteiger partial charge in [-0.15, -0.1) is 11.3 Å². The smallest absolute Gasteiger partial charge is 0.253 e. The molecule has 0 saturated carbocycles.